The van der Waals surface area contributed by atoms with Crippen LogP contribution in [0, 0.1) is 59.2 Å². The summed E-state index contributed by atoms with van der Waals surface area (Å²) in [5.74, 6) is 9.32. The van der Waals surface area contributed by atoms with Crippen molar-refractivity contribution in [1.82, 2.24) is 0 Å². The molecular formula is C22H44. The Kier molecular flexibility index (Phi) is 6.84. The van der Waals surface area contributed by atoms with Crippen molar-refractivity contribution in [2.24, 2.45) is 59.2 Å². The maximum absolute atomic E-state index is 6.58. The molecule has 0 spiro atoms. The van der Waals surface area contributed by atoms with Crippen molar-refractivity contribution in [3.63, 3.8) is 0 Å². The zero-order valence-corrected chi connectivity index (χ0v) is 17.1. The van der Waals surface area contributed by atoms with Gasteiger partial charge in [0.1, 0.15) is 0 Å². The van der Waals surface area contributed by atoms with Crippen LogP contribution < -0.4 is 0 Å². The van der Waals surface area contributed by atoms with E-state index in [2.05, 4.69) is 55.4 Å². The molecule has 0 saturated heterocycles. The third-order valence-electron chi connectivity index (χ3n) is 8.22. The van der Waals surface area contributed by atoms with Gasteiger partial charge in [0.15, 0.2) is 0 Å². The molecule has 0 heteroatoms. The van der Waals surface area contributed by atoms with Gasteiger partial charge in [0.05, 0.1) is 0 Å². The highest BCUT2D eigenvalue weighted by molar-refractivity contribution is 4.95. The van der Waals surface area contributed by atoms with Crippen molar-refractivity contribution >= 4 is 0 Å². The Labute approximate surface area is 143 Å². The Hall–Kier alpha value is 0. The molecule has 0 bridgehead atoms. The third kappa shape index (κ3) is 3.73. The fourth-order valence-electron chi connectivity index (χ4n) is 5.61. The Morgan fingerprint density at radius 2 is 0.682 bits per heavy atom. The van der Waals surface area contributed by atoms with Gasteiger partial charge < -0.3 is 0 Å². The van der Waals surface area contributed by atoms with E-state index in [0.717, 1.165) is 59.2 Å². The minimum absolute atomic E-state index is 0.0833. The quantitative estimate of drug-likeness (QED) is 0.508. The number of rotatable bonds is 2. The van der Waals surface area contributed by atoms with Crippen LogP contribution in [-0.2, 0) is 0 Å². The normalized spacial score (nSPS) is 52.4. The molecule has 0 aromatic rings. The topological polar surface area (TPSA) is 0 Å². The lowest BCUT2D eigenvalue weighted by Crippen LogP contribution is -2.22. The average Bonchev–Trinajstić information content (AvgIpc) is 2.76. The van der Waals surface area contributed by atoms with E-state index in [9.17, 15) is 0 Å². The minimum Gasteiger partial charge on any atom is -0.0656 e. The fraction of sp³-hybridized carbons (Fsp3) is 1.00. The van der Waals surface area contributed by atoms with Gasteiger partial charge in [0.25, 0.3) is 0 Å². The Balaban J connectivity index is 0.000000593. The fourth-order valence-corrected chi connectivity index (χ4v) is 5.61. The maximum atomic E-state index is 6.58. The molecule has 132 valence electrons. The average molecular weight is 310 g/mol. The summed E-state index contributed by atoms with van der Waals surface area (Å²) in [5, 5.41) is 0. The summed E-state index contributed by atoms with van der Waals surface area (Å²) in [4.78, 5) is 0. The van der Waals surface area contributed by atoms with Crippen molar-refractivity contribution in [3.8, 4) is 0 Å². The monoisotopic (exact) mass is 309 g/mol. The number of hydrogen-bond acceptors (Lipinski definition) is 0. The van der Waals surface area contributed by atoms with Crippen molar-refractivity contribution in [3.05, 3.63) is 0 Å². The van der Waals surface area contributed by atoms with Crippen LogP contribution in [-0.4, -0.2) is 0 Å². The van der Waals surface area contributed by atoms with E-state index in [-0.39, 0.29) is 6.40 Å². The van der Waals surface area contributed by atoms with Crippen LogP contribution in [0.25, 0.3) is 0 Å². The standard InChI is InChI=1S/C19H36.C3H8/c1-10-11(2)15(6)18(14(10)5)9-19-16(7)12(3)13(4)17(19)8;1-3-2/h10-19H,9H2,1-8H3;3H2,1-2H3/i;3D. The number of hydrogen-bond donors (Lipinski definition) is 0. The highest BCUT2D eigenvalue weighted by Crippen LogP contribution is 2.53. The van der Waals surface area contributed by atoms with E-state index in [1.807, 2.05) is 13.8 Å². The molecule has 2 saturated carbocycles. The van der Waals surface area contributed by atoms with Crippen molar-refractivity contribution in [2.75, 3.05) is 0 Å². The molecule has 0 aromatic heterocycles. The first-order chi connectivity index (χ1) is 10.5. The molecule has 0 nitrogen and oxygen atoms in total. The Bertz CT molecular complexity index is 289. The van der Waals surface area contributed by atoms with Crippen molar-refractivity contribution < 1.29 is 1.37 Å². The van der Waals surface area contributed by atoms with Crippen LogP contribution in [0.1, 0.15) is 83.4 Å². The van der Waals surface area contributed by atoms with E-state index < -0.39 is 0 Å². The van der Waals surface area contributed by atoms with Crippen molar-refractivity contribution in [2.45, 2.75) is 82.1 Å². The first kappa shape index (κ1) is 18.3. The van der Waals surface area contributed by atoms with Gasteiger partial charge in [-0.25, -0.2) is 0 Å². The summed E-state index contributed by atoms with van der Waals surface area (Å²) in [5.41, 5.74) is 0. The van der Waals surface area contributed by atoms with E-state index in [1.54, 1.807) is 0 Å². The summed E-state index contributed by atoms with van der Waals surface area (Å²) >= 11 is 0. The summed E-state index contributed by atoms with van der Waals surface area (Å²) < 4.78 is 6.58. The molecule has 8 unspecified atom stereocenters. The lowest BCUT2D eigenvalue weighted by Gasteiger charge is -2.30. The third-order valence-corrected chi connectivity index (χ3v) is 8.22. The van der Waals surface area contributed by atoms with E-state index in [0.29, 0.717) is 0 Å². The van der Waals surface area contributed by atoms with Gasteiger partial charge in [0, 0.05) is 1.37 Å². The molecule has 22 heavy (non-hydrogen) atoms. The highest BCUT2D eigenvalue weighted by Gasteiger charge is 2.47. The SMILES string of the molecule is CC1C(C)C(C)C(CC2C(C)C(C)C(C)C2C)C1C.[2H]C(C)C. The molecule has 0 heterocycles. The summed E-state index contributed by atoms with van der Waals surface area (Å²) in [6.07, 6.45) is 1.58. The maximum Gasteiger partial charge on any atom is 0.0261 e. The molecular weight excluding hydrogens is 264 g/mol. The van der Waals surface area contributed by atoms with Crippen LogP contribution in [0.15, 0.2) is 0 Å². The van der Waals surface area contributed by atoms with Gasteiger partial charge in [-0.05, 0) is 65.6 Å². The smallest absolute Gasteiger partial charge is 0.0261 e. The lowest BCUT2D eigenvalue weighted by atomic mass is 9.76. The Morgan fingerprint density at radius 1 is 0.500 bits per heavy atom. The summed E-state index contributed by atoms with van der Waals surface area (Å²) in [6.45, 7) is 23.7. The van der Waals surface area contributed by atoms with Crippen LogP contribution in [0.5, 0.6) is 0 Å². The largest absolute Gasteiger partial charge is 0.0656 e. The minimum atomic E-state index is 0.0833. The van der Waals surface area contributed by atoms with Gasteiger partial charge in [-0.1, -0.05) is 75.6 Å². The molecule has 8 atom stereocenters. The second-order valence-corrected chi connectivity index (χ2v) is 9.01. The van der Waals surface area contributed by atoms with Gasteiger partial charge >= 0.3 is 0 Å². The predicted octanol–water partition coefficient (Wildman–Crippen LogP) is 7.14. The van der Waals surface area contributed by atoms with Crippen molar-refractivity contribution in [1.29, 1.82) is 0 Å². The molecule has 2 aliphatic carbocycles. The summed E-state index contributed by atoms with van der Waals surface area (Å²) in [6, 6.07) is 0. The lowest BCUT2D eigenvalue weighted by molar-refractivity contribution is 0.193. The van der Waals surface area contributed by atoms with Crippen LogP contribution >= 0.6 is 0 Å². The molecule has 0 radical (unpaired) electrons. The molecule has 2 rings (SSSR count). The zero-order valence-electron chi connectivity index (χ0n) is 18.1. The van der Waals surface area contributed by atoms with Gasteiger partial charge in [-0.3, -0.25) is 0 Å². The van der Waals surface area contributed by atoms with E-state index in [1.165, 1.54) is 6.42 Å². The second kappa shape index (κ2) is 8.20. The molecule has 0 aromatic carbocycles. The van der Waals surface area contributed by atoms with E-state index in [4.69, 9.17) is 1.37 Å². The molecule has 0 aliphatic heterocycles. The first-order valence-corrected chi connectivity index (χ1v) is 9.92. The first-order valence-electron chi connectivity index (χ1n) is 10.5. The van der Waals surface area contributed by atoms with E-state index >= 15 is 0 Å². The van der Waals surface area contributed by atoms with Gasteiger partial charge in [0.2, 0.25) is 0 Å². The Morgan fingerprint density at radius 3 is 0.864 bits per heavy atom. The summed E-state index contributed by atoms with van der Waals surface area (Å²) in [7, 11) is 0. The van der Waals surface area contributed by atoms with Gasteiger partial charge in [-0.2, -0.15) is 0 Å². The molecule has 0 amide bonds. The predicted molar refractivity (Wildman–Crippen MR) is 101 cm³/mol. The molecule has 2 aliphatic rings. The second-order valence-electron chi connectivity index (χ2n) is 9.01. The molecule has 0 N–H and O–H groups in total. The van der Waals surface area contributed by atoms with Gasteiger partial charge in [-0.15, -0.1) is 0 Å². The molecule has 2 fully saturated rings. The van der Waals surface area contributed by atoms with Crippen LogP contribution in [0.2, 0.25) is 0 Å². The van der Waals surface area contributed by atoms with Crippen LogP contribution in [0.3, 0.4) is 0 Å². The zero-order chi connectivity index (χ0) is 18.1. The highest BCUT2D eigenvalue weighted by atomic mass is 14.5. The van der Waals surface area contributed by atoms with Crippen LogP contribution in [0.4, 0.5) is 0 Å².